The summed E-state index contributed by atoms with van der Waals surface area (Å²) in [5, 5.41) is 8.99. The Hall–Kier alpha value is -1.02. The van der Waals surface area contributed by atoms with E-state index in [-0.39, 0.29) is 19.0 Å². The van der Waals surface area contributed by atoms with Gasteiger partial charge in [-0.2, -0.15) is 0 Å². The molecule has 18 heavy (non-hydrogen) atoms. The molecule has 6 nitrogen and oxygen atoms in total. The number of nitrogens with zero attached hydrogens (tertiary/aromatic N) is 1. The Labute approximate surface area is 107 Å². The highest BCUT2D eigenvalue weighted by molar-refractivity contribution is 7.89. The number of rotatable bonds is 8. The fourth-order valence-corrected chi connectivity index (χ4v) is 2.71. The molecule has 102 valence electrons. The van der Waals surface area contributed by atoms with Gasteiger partial charge in [-0.05, 0) is 24.1 Å². The lowest BCUT2D eigenvalue weighted by Crippen LogP contribution is -2.41. The third-order valence-electron chi connectivity index (χ3n) is 2.34. The molecule has 7 heteroatoms. The van der Waals surface area contributed by atoms with Gasteiger partial charge in [-0.1, -0.05) is 0 Å². The highest BCUT2D eigenvalue weighted by Gasteiger charge is 2.17. The average molecular weight is 274 g/mol. The van der Waals surface area contributed by atoms with E-state index in [1.165, 1.54) is 7.11 Å². The van der Waals surface area contributed by atoms with Crippen LogP contribution < -0.4 is 4.72 Å². The Morgan fingerprint density at radius 1 is 1.44 bits per heavy atom. The van der Waals surface area contributed by atoms with Crippen molar-refractivity contribution >= 4 is 10.0 Å². The molecule has 1 aromatic heterocycles. The number of hydrogen-bond acceptors (Lipinski definition) is 5. The van der Waals surface area contributed by atoms with Crippen LogP contribution in [0, 0.1) is 0 Å². The standard InChI is InChI=1S/C11H18N2O4S/c1-17-9-11(8-14)13-18(15,16)7-4-10-2-5-12-6-3-10/h2-3,5-6,11,13-14H,4,7-9H2,1H3. The zero-order valence-electron chi connectivity index (χ0n) is 10.2. The molecule has 0 aliphatic carbocycles. The molecule has 0 saturated carbocycles. The maximum atomic E-state index is 11.8. The number of pyridine rings is 1. The highest BCUT2D eigenvalue weighted by atomic mass is 32.2. The largest absolute Gasteiger partial charge is 0.395 e. The van der Waals surface area contributed by atoms with E-state index in [9.17, 15) is 8.42 Å². The lowest BCUT2D eigenvalue weighted by Gasteiger charge is -2.15. The predicted octanol–water partition coefficient (Wildman–Crippen LogP) is -0.449. The van der Waals surface area contributed by atoms with Gasteiger partial charge in [0.1, 0.15) is 0 Å². The van der Waals surface area contributed by atoms with E-state index in [4.69, 9.17) is 9.84 Å². The van der Waals surface area contributed by atoms with Crippen LogP contribution in [0.4, 0.5) is 0 Å². The van der Waals surface area contributed by atoms with E-state index < -0.39 is 16.1 Å². The van der Waals surface area contributed by atoms with Crippen LogP contribution in [0.3, 0.4) is 0 Å². The van der Waals surface area contributed by atoms with Gasteiger partial charge in [0.2, 0.25) is 10.0 Å². The number of aromatic nitrogens is 1. The molecule has 2 N–H and O–H groups in total. The summed E-state index contributed by atoms with van der Waals surface area (Å²) in [4.78, 5) is 3.86. The van der Waals surface area contributed by atoms with Crippen molar-refractivity contribution < 1.29 is 18.3 Å². The summed E-state index contributed by atoms with van der Waals surface area (Å²) in [6, 6.07) is 2.94. The second kappa shape index (κ2) is 7.42. The Morgan fingerprint density at radius 2 is 2.11 bits per heavy atom. The molecular weight excluding hydrogens is 256 g/mol. The number of aliphatic hydroxyl groups excluding tert-OH is 1. The maximum Gasteiger partial charge on any atom is 0.212 e. The highest BCUT2D eigenvalue weighted by Crippen LogP contribution is 2.00. The Kier molecular flexibility index (Phi) is 6.20. The molecule has 0 bridgehead atoms. The molecule has 0 radical (unpaired) electrons. The van der Waals surface area contributed by atoms with Gasteiger partial charge in [-0.3, -0.25) is 4.98 Å². The average Bonchev–Trinajstić information content (AvgIpc) is 2.37. The van der Waals surface area contributed by atoms with Gasteiger partial charge < -0.3 is 9.84 Å². The third-order valence-corrected chi connectivity index (χ3v) is 3.78. The van der Waals surface area contributed by atoms with Gasteiger partial charge in [0.25, 0.3) is 0 Å². The Balaban J connectivity index is 2.49. The van der Waals surface area contributed by atoms with Crippen molar-refractivity contribution in [2.75, 3.05) is 26.1 Å². The van der Waals surface area contributed by atoms with Crippen LogP contribution in [0.2, 0.25) is 0 Å². The van der Waals surface area contributed by atoms with Crippen molar-refractivity contribution in [3.05, 3.63) is 30.1 Å². The SMILES string of the molecule is COCC(CO)NS(=O)(=O)CCc1ccncc1. The van der Waals surface area contributed by atoms with E-state index >= 15 is 0 Å². The minimum absolute atomic E-state index is 0.0305. The van der Waals surface area contributed by atoms with Gasteiger partial charge in [0, 0.05) is 19.5 Å². The smallest absolute Gasteiger partial charge is 0.212 e. The number of hydrogen-bond donors (Lipinski definition) is 2. The Bertz CT molecular complexity index is 436. The first kappa shape index (κ1) is 15.0. The van der Waals surface area contributed by atoms with Crippen LogP contribution >= 0.6 is 0 Å². The fraction of sp³-hybridized carbons (Fsp3) is 0.545. The number of ether oxygens (including phenoxy) is 1. The summed E-state index contributed by atoms with van der Waals surface area (Å²) in [6.45, 7) is -0.146. The predicted molar refractivity (Wildman–Crippen MR) is 67.6 cm³/mol. The van der Waals surface area contributed by atoms with Crippen molar-refractivity contribution in [2.45, 2.75) is 12.5 Å². The molecule has 0 aliphatic rings. The quantitative estimate of drug-likeness (QED) is 0.670. The van der Waals surface area contributed by atoms with Crippen LogP contribution in [-0.2, 0) is 21.2 Å². The molecule has 1 atom stereocenters. The monoisotopic (exact) mass is 274 g/mol. The summed E-state index contributed by atoms with van der Waals surface area (Å²) in [7, 11) is -1.97. The molecule has 0 fully saturated rings. The maximum absolute atomic E-state index is 11.8. The molecule has 0 saturated heterocycles. The van der Waals surface area contributed by atoms with Gasteiger partial charge in [0.05, 0.1) is 25.0 Å². The van der Waals surface area contributed by atoms with Gasteiger partial charge in [-0.15, -0.1) is 0 Å². The van der Waals surface area contributed by atoms with Crippen LogP contribution in [0.25, 0.3) is 0 Å². The van der Waals surface area contributed by atoms with Gasteiger partial charge in [0.15, 0.2) is 0 Å². The number of aryl methyl sites for hydroxylation is 1. The lowest BCUT2D eigenvalue weighted by molar-refractivity contribution is 0.139. The van der Waals surface area contributed by atoms with Crippen molar-refractivity contribution in [1.29, 1.82) is 0 Å². The Morgan fingerprint density at radius 3 is 2.67 bits per heavy atom. The molecule has 0 amide bonds. The minimum atomic E-state index is -3.42. The number of nitrogens with one attached hydrogen (secondary N) is 1. The van der Waals surface area contributed by atoms with Gasteiger partial charge in [-0.25, -0.2) is 13.1 Å². The molecule has 1 unspecified atom stereocenters. The third kappa shape index (κ3) is 5.54. The summed E-state index contributed by atoms with van der Waals surface area (Å²) in [5.41, 5.74) is 0.905. The first-order valence-corrected chi connectivity index (χ1v) is 7.21. The normalized spacial score (nSPS) is 13.4. The van der Waals surface area contributed by atoms with E-state index in [0.29, 0.717) is 6.42 Å². The summed E-state index contributed by atoms with van der Waals surface area (Å²) in [6.07, 6.45) is 3.65. The fourth-order valence-electron chi connectivity index (χ4n) is 1.44. The van der Waals surface area contributed by atoms with E-state index in [0.717, 1.165) is 5.56 Å². The molecule has 0 aliphatic heterocycles. The molecule has 0 aromatic carbocycles. The second-order valence-electron chi connectivity index (χ2n) is 3.88. The number of sulfonamides is 1. The summed E-state index contributed by atoms with van der Waals surface area (Å²) < 4.78 is 30.7. The van der Waals surface area contributed by atoms with E-state index in [1.54, 1.807) is 24.5 Å². The zero-order valence-corrected chi connectivity index (χ0v) is 11.1. The van der Waals surface area contributed by atoms with Crippen LogP contribution in [0.15, 0.2) is 24.5 Å². The lowest BCUT2D eigenvalue weighted by atomic mass is 10.2. The van der Waals surface area contributed by atoms with Crippen molar-refractivity contribution in [3.63, 3.8) is 0 Å². The summed E-state index contributed by atoms with van der Waals surface area (Å²) >= 11 is 0. The molecule has 0 spiro atoms. The van der Waals surface area contributed by atoms with E-state index in [1.807, 2.05) is 0 Å². The van der Waals surface area contributed by atoms with E-state index in [2.05, 4.69) is 9.71 Å². The van der Waals surface area contributed by atoms with Gasteiger partial charge >= 0.3 is 0 Å². The number of methoxy groups -OCH3 is 1. The van der Waals surface area contributed by atoms with Crippen molar-refractivity contribution in [2.24, 2.45) is 0 Å². The zero-order chi connectivity index (χ0) is 13.4. The van der Waals surface area contributed by atoms with Crippen molar-refractivity contribution in [1.82, 2.24) is 9.71 Å². The number of aliphatic hydroxyl groups is 1. The molecule has 1 heterocycles. The van der Waals surface area contributed by atoms with Crippen molar-refractivity contribution in [3.8, 4) is 0 Å². The summed E-state index contributed by atoms with van der Waals surface area (Å²) in [5.74, 6) is -0.0305. The van der Waals surface area contributed by atoms with Crippen LogP contribution in [0.1, 0.15) is 5.56 Å². The molecule has 1 rings (SSSR count). The molecule has 1 aromatic rings. The molecular formula is C11H18N2O4S. The van der Waals surface area contributed by atoms with Crippen LogP contribution in [0.5, 0.6) is 0 Å². The second-order valence-corrected chi connectivity index (χ2v) is 5.75. The van der Waals surface area contributed by atoms with Crippen LogP contribution in [-0.4, -0.2) is 50.6 Å². The topological polar surface area (TPSA) is 88.5 Å². The first-order chi connectivity index (χ1) is 8.57. The first-order valence-electron chi connectivity index (χ1n) is 5.56. The minimum Gasteiger partial charge on any atom is -0.395 e.